The molecule has 1 aromatic heterocycles. The van der Waals surface area contributed by atoms with Crippen molar-refractivity contribution < 1.29 is 4.74 Å². The summed E-state index contributed by atoms with van der Waals surface area (Å²) < 4.78 is 8.27. The maximum absolute atomic E-state index is 6.05. The van der Waals surface area contributed by atoms with E-state index in [0.717, 1.165) is 37.6 Å². The lowest BCUT2D eigenvalue weighted by Gasteiger charge is -2.21. The van der Waals surface area contributed by atoms with Crippen molar-refractivity contribution in [3.05, 3.63) is 83.9 Å². The highest BCUT2D eigenvalue weighted by molar-refractivity contribution is 5.37. The predicted molar refractivity (Wildman–Crippen MR) is 98.7 cm³/mol. The zero-order valence-corrected chi connectivity index (χ0v) is 14.5. The topological polar surface area (TPSA) is 30.3 Å². The summed E-state index contributed by atoms with van der Waals surface area (Å²) in [4.78, 5) is 6.84. The van der Waals surface area contributed by atoms with Crippen LogP contribution in [-0.2, 0) is 19.5 Å². The number of ether oxygens (including phenoxy) is 1. The molecule has 0 unspecified atom stereocenters. The van der Waals surface area contributed by atoms with Crippen LogP contribution in [-0.4, -0.2) is 34.1 Å². The van der Waals surface area contributed by atoms with Crippen molar-refractivity contribution in [1.29, 1.82) is 0 Å². The lowest BCUT2D eigenvalue weighted by molar-refractivity contribution is 0.162. The smallest absolute Gasteiger partial charge is 0.123 e. The number of benzene rings is 2. The normalized spacial score (nSPS) is 16.0. The highest BCUT2D eigenvalue weighted by Crippen LogP contribution is 2.28. The molecule has 3 aromatic rings. The summed E-state index contributed by atoms with van der Waals surface area (Å²) in [7, 11) is 2.13. The molecule has 0 fully saturated rings. The number of hydrogen-bond donors (Lipinski definition) is 0. The number of aromatic nitrogens is 2. The molecular formula is C21H23N3O. The van der Waals surface area contributed by atoms with E-state index in [2.05, 4.69) is 70.2 Å². The van der Waals surface area contributed by atoms with Gasteiger partial charge in [-0.05, 0) is 24.2 Å². The molecule has 2 aromatic carbocycles. The minimum absolute atomic E-state index is 0.222. The van der Waals surface area contributed by atoms with E-state index in [1.54, 1.807) is 0 Å². The Morgan fingerprint density at radius 1 is 1.12 bits per heavy atom. The fourth-order valence-electron chi connectivity index (χ4n) is 3.43. The van der Waals surface area contributed by atoms with Crippen LogP contribution in [0.5, 0.6) is 5.75 Å². The molecule has 1 aliphatic rings. The Morgan fingerprint density at radius 3 is 2.76 bits per heavy atom. The minimum atomic E-state index is 0.222. The van der Waals surface area contributed by atoms with E-state index in [1.165, 1.54) is 11.1 Å². The van der Waals surface area contributed by atoms with E-state index in [9.17, 15) is 0 Å². The number of nitrogens with zero attached hydrogens (tertiary/aromatic N) is 3. The molecule has 25 heavy (non-hydrogen) atoms. The molecule has 2 heterocycles. The van der Waals surface area contributed by atoms with Gasteiger partial charge in [0.05, 0.1) is 6.54 Å². The van der Waals surface area contributed by atoms with Gasteiger partial charge >= 0.3 is 0 Å². The van der Waals surface area contributed by atoms with Crippen molar-refractivity contribution in [3.8, 4) is 5.75 Å². The summed E-state index contributed by atoms with van der Waals surface area (Å²) in [6.07, 6.45) is 5.14. The summed E-state index contributed by atoms with van der Waals surface area (Å²) in [5.74, 6) is 2.12. The average Bonchev–Trinajstić information content (AvgIpc) is 3.22. The Balaban J connectivity index is 1.36. The minimum Gasteiger partial charge on any atom is -0.488 e. The molecule has 0 aliphatic carbocycles. The summed E-state index contributed by atoms with van der Waals surface area (Å²) >= 11 is 0. The second kappa shape index (κ2) is 7.11. The molecule has 0 saturated carbocycles. The van der Waals surface area contributed by atoms with Crippen molar-refractivity contribution in [3.63, 3.8) is 0 Å². The number of imidazole rings is 1. The number of hydrogen-bond acceptors (Lipinski definition) is 3. The molecule has 4 nitrogen and oxygen atoms in total. The molecule has 0 bridgehead atoms. The third-order valence-electron chi connectivity index (χ3n) is 4.64. The van der Waals surface area contributed by atoms with E-state index in [4.69, 9.17) is 4.74 Å². The van der Waals surface area contributed by atoms with E-state index < -0.39 is 0 Å². The number of likely N-dealkylation sites (N-methyl/N-ethyl adjacent to an activating group) is 1. The largest absolute Gasteiger partial charge is 0.488 e. The first kappa shape index (κ1) is 15.9. The van der Waals surface area contributed by atoms with Crippen LogP contribution in [0.2, 0.25) is 0 Å². The van der Waals surface area contributed by atoms with Crippen LogP contribution in [0.1, 0.15) is 17.0 Å². The maximum atomic E-state index is 6.05. The van der Waals surface area contributed by atoms with Gasteiger partial charge in [-0.1, -0.05) is 48.5 Å². The summed E-state index contributed by atoms with van der Waals surface area (Å²) in [6.45, 7) is 2.57. The molecular weight excluding hydrogens is 310 g/mol. The summed E-state index contributed by atoms with van der Waals surface area (Å²) in [6, 6.07) is 18.8. The molecule has 0 saturated heterocycles. The zero-order valence-electron chi connectivity index (χ0n) is 14.5. The summed E-state index contributed by atoms with van der Waals surface area (Å²) in [5.41, 5.74) is 2.60. The van der Waals surface area contributed by atoms with Crippen LogP contribution in [0.15, 0.2) is 67.0 Å². The monoisotopic (exact) mass is 333 g/mol. The number of rotatable bonds is 6. The molecule has 128 valence electrons. The second-order valence-electron chi connectivity index (χ2n) is 6.71. The predicted octanol–water partition coefficient (Wildman–Crippen LogP) is 3.37. The SMILES string of the molecule is CN(Cc1nccn1Cc1ccccc1)C[C@H]1Cc2ccccc2O1. The first-order valence-corrected chi connectivity index (χ1v) is 8.75. The first-order chi connectivity index (χ1) is 12.3. The lowest BCUT2D eigenvalue weighted by atomic mass is 10.1. The zero-order chi connectivity index (χ0) is 17.1. The van der Waals surface area contributed by atoms with Gasteiger partial charge in [0.15, 0.2) is 0 Å². The standard InChI is InChI=1S/C21H23N3O/c1-23(15-19-13-18-9-5-6-10-20(18)25-19)16-21-22-11-12-24(21)14-17-7-3-2-4-8-17/h2-12,19H,13-16H2,1H3/t19-/m1/s1. The Kier molecular flexibility index (Phi) is 4.53. The van der Waals surface area contributed by atoms with Crippen molar-refractivity contribution in [2.75, 3.05) is 13.6 Å². The van der Waals surface area contributed by atoms with E-state index in [1.807, 2.05) is 18.3 Å². The Hall–Kier alpha value is -2.59. The van der Waals surface area contributed by atoms with Crippen LogP contribution in [0.25, 0.3) is 0 Å². The third kappa shape index (κ3) is 3.74. The van der Waals surface area contributed by atoms with Crippen LogP contribution >= 0.6 is 0 Å². The molecule has 4 rings (SSSR count). The fourth-order valence-corrected chi connectivity index (χ4v) is 3.43. The fraction of sp³-hybridized carbons (Fsp3) is 0.286. The molecule has 0 spiro atoms. The molecule has 0 N–H and O–H groups in total. The second-order valence-corrected chi connectivity index (χ2v) is 6.71. The van der Waals surface area contributed by atoms with Gasteiger partial charge in [0.2, 0.25) is 0 Å². The highest BCUT2D eigenvalue weighted by atomic mass is 16.5. The van der Waals surface area contributed by atoms with Crippen molar-refractivity contribution in [2.24, 2.45) is 0 Å². The van der Waals surface area contributed by atoms with Crippen LogP contribution in [0.3, 0.4) is 0 Å². The maximum Gasteiger partial charge on any atom is 0.123 e. The average molecular weight is 333 g/mol. The van der Waals surface area contributed by atoms with Crippen molar-refractivity contribution in [1.82, 2.24) is 14.5 Å². The van der Waals surface area contributed by atoms with Gasteiger partial charge in [-0.25, -0.2) is 4.98 Å². The van der Waals surface area contributed by atoms with Crippen LogP contribution in [0.4, 0.5) is 0 Å². The highest BCUT2D eigenvalue weighted by Gasteiger charge is 2.23. The van der Waals surface area contributed by atoms with Crippen molar-refractivity contribution >= 4 is 0 Å². The molecule has 4 heteroatoms. The van der Waals surface area contributed by atoms with Crippen LogP contribution in [0, 0.1) is 0 Å². The van der Waals surface area contributed by atoms with Crippen LogP contribution < -0.4 is 4.74 Å². The quantitative estimate of drug-likeness (QED) is 0.693. The van der Waals surface area contributed by atoms with Crippen molar-refractivity contribution in [2.45, 2.75) is 25.6 Å². The van der Waals surface area contributed by atoms with E-state index >= 15 is 0 Å². The van der Waals surface area contributed by atoms with Gasteiger partial charge in [0.25, 0.3) is 0 Å². The molecule has 0 radical (unpaired) electrons. The van der Waals surface area contributed by atoms with Gasteiger partial charge in [-0.15, -0.1) is 0 Å². The van der Waals surface area contributed by atoms with Gasteiger partial charge in [0, 0.05) is 31.9 Å². The van der Waals surface area contributed by atoms with E-state index in [0.29, 0.717) is 0 Å². The Bertz CT molecular complexity index is 803. The van der Waals surface area contributed by atoms with Gasteiger partial charge < -0.3 is 9.30 Å². The molecule has 1 atom stereocenters. The number of para-hydroxylation sites is 1. The van der Waals surface area contributed by atoms with E-state index in [-0.39, 0.29) is 6.10 Å². The molecule has 0 amide bonds. The lowest BCUT2D eigenvalue weighted by Crippen LogP contribution is -2.32. The Labute approximate surface area is 148 Å². The first-order valence-electron chi connectivity index (χ1n) is 8.75. The molecule has 1 aliphatic heterocycles. The van der Waals surface area contributed by atoms with Gasteiger partial charge in [0.1, 0.15) is 17.7 Å². The third-order valence-corrected chi connectivity index (χ3v) is 4.64. The van der Waals surface area contributed by atoms with Gasteiger partial charge in [-0.2, -0.15) is 0 Å². The number of fused-ring (bicyclic) bond motifs is 1. The summed E-state index contributed by atoms with van der Waals surface area (Å²) in [5, 5.41) is 0. The van der Waals surface area contributed by atoms with Gasteiger partial charge in [-0.3, -0.25) is 4.90 Å². The Morgan fingerprint density at radius 2 is 1.92 bits per heavy atom.